The smallest absolute Gasteiger partial charge is 0.164 e. The highest BCUT2D eigenvalue weighted by atomic mass is 16.3. The van der Waals surface area contributed by atoms with Crippen LogP contribution in [0.4, 0.5) is 0 Å². The molecule has 2 heterocycles. The van der Waals surface area contributed by atoms with Crippen molar-refractivity contribution in [1.29, 1.82) is 0 Å². The molecule has 9 aromatic carbocycles. The molecular weight excluding hydrogens is 671 g/mol. The zero-order valence-corrected chi connectivity index (χ0v) is 29.6. The summed E-state index contributed by atoms with van der Waals surface area (Å²) < 4.78 is 6.13. The minimum atomic E-state index is 0.645. The van der Waals surface area contributed by atoms with Crippen LogP contribution in [0.1, 0.15) is 0 Å². The molecule has 0 bridgehead atoms. The molecule has 0 amide bonds. The van der Waals surface area contributed by atoms with Crippen molar-refractivity contribution in [3.05, 3.63) is 188 Å². The first-order valence-corrected chi connectivity index (χ1v) is 18.5. The average molecular weight is 702 g/mol. The van der Waals surface area contributed by atoms with Crippen LogP contribution in [0.15, 0.2) is 192 Å². The summed E-state index contributed by atoms with van der Waals surface area (Å²) >= 11 is 0. The minimum absolute atomic E-state index is 0.645. The molecule has 2 aromatic heterocycles. The zero-order valence-electron chi connectivity index (χ0n) is 29.6. The Morgan fingerprint density at radius 3 is 1.20 bits per heavy atom. The van der Waals surface area contributed by atoms with Gasteiger partial charge in [0.25, 0.3) is 0 Å². The Labute approximate surface area is 317 Å². The van der Waals surface area contributed by atoms with Gasteiger partial charge in [0.15, 0.2) is 17.5 Å². The second-order valence-corrected chi connectivity index (χ2v) is 14.0. The maximum atomic E-state index is 6.13. The van der Waals surface area contributed by atoms with Gasteiger partial charge in [-0.1, -0.05) is 158 Å². The van der Waals surface area contributed by atoms with E-state index < -0.39 is 0 Å². The van der Waals surface area contributed by atoms with Crippen molar-refractivity contribution >= 4 is 54.3 Å². The summed E-state index contributed by atoms with van der Waals surface area (Å²) in [4.78, 5) is 14.7. The van der Waals surface area contributed by atoms with Gasteiger partial charge in [0.2, 0.25) is 0 Å². The summed E-state index contributed by atoms with van der Waals surface area (Å²) in [6, 6.07) is 66.0. The number of fused-ring (bicyclic) bond motifs is 9. The van der Waals surface area contributed by atoms with Crippen molar-refractivity contribution in [2.75, 3.05) is 0 Å². The summed E-state index contributed by atoms with van der Waals surface area (Å²) in [5.74, 6) is 1.95. The number of hydrogen-bond donors (Lipinski definition) is 0. The van der Waals surface area contributed by atoms with Crippen molar-refractivity contribution in [3.8, 4) is 56.4 Å². The maximum Gasteiger partial charge on any atom is 0.164 e. The number of para-hydroxylation sites is 1. The molecular formula is C51H31N3O. The number of hydrogen-bond acceptors (Lipinski definition) is 4. The molecule has 11 rings (SSSR count). The van der Waals surface area contributed by atoms with Crippen LogP contribution in [-0.2, 0) is 0 Å². The molecule has 0 aliphatic heterocycles. The predicted octanol–water partition coefficient (Wildman–Crippen LogP) is 13.6. The Balaban J connectivity index is 1.01. The van der Waals surface area contributed by atoms with Gasteiger partial charge in [0.1, 0.15) is 11.2 Å². The lowest BCUT2D eigenvalue weighted by Gasteiger charge is -2.14. The fourth-order valence-corrected chi connectivity index (χ4v) is 7.97. The van der Waals surface area contributed by atoms with E-state index in [2.05, 4.69) is 115 Å². The standard InChI is InChI=1S/C51H31N3O/c1-3-11-33(12-4-1)49-52-50(34-13-5-2-6-14-34)54-51(53-49)35-21-19-32(20-22-35)36-23-26-41-39-15-7-8-16-40(39)44-30-37(24-27-42(44)45(41)29-36)38-25-28-48-46(31-38)43-17-9-10-18-47(43)55-48/h1-31H. The second kappa shape index (κ2) is 12.6. The summed E-state index contributed by atoms with van der Waals surface area (Å²) in [5.41, 5.74) is 9.30. The fourth-order valence-electron chi connectivity index (χ4n) is 7.97. The van der Waals surface area contributed by atoms with Crippen LogP contribution in [0.5, 0.6) is 0 Å². The molecule has 0 aliphatic rings. The van der Waals surface area contributed by atoms with E-state index in [1.165, 1.54) is 43.4 Å². The average Bonchev–Trinajstić information content (AvgIpc) is 3.65. The van der Waals surface area contributed by atoms with E-state index in [9.17, 15) is 0 Å². The van der Waals surface area contributed by atoms with E-state index in [4.69, 9.17) is 19.4 Å². The van der Waals surface area contributed by atoms with Crippen LogP contribution in [0.3, 0.4) is 0 Å². The predicted molar refractivity (Wildman–Crippen MR) is 227 cm³/mol. The molecule has 0 saturated carbocycles. The van der Waals surface area contributed by atoms with E-state index in [0.717, 1.165) is 49.8 Å². The summed E-state index contributed by atoms with van der Waals surface area (Å²) in [6.07, 6.45) is 0. The number of furan rings is 1. The lowest BCUT2D eigenvalue weighted by molar-refractivity contribution is 0.669. The van der Waals surface area contributed by atoms with Crippen molar-refractivity contribution < 1.29 is 4.42 Å². The van der Waals surface area contributed by atoms with Crippen LogP contribution in [-0.4, -0.2) is 15.0 Å². The van der Waals surface area contributed by atoms with Crippen LogP contribution >= 0.6 is 0 Å². The summed E-state index contributed by atoms with van der Waals surface area (Å²) in [7, 11) is 0. The first-order valence-electron chi connectivity index (χ1n) is 18.5. The van der Waals surface area contributed by atoms with E-state index >= 15 is 0 Å². The summed E-state index contributed by atoms with van der Waals surface area (Å²) in [5, 5.41) is 9.72. The monoisotopic (exact) mass is 701 g/mol. The fraction of sp³-hybridized carbons (Fsp3) is 0. The highest BCUT2D eigenvalue weighted by Crippen LogP contribution is 2.40. The molecule has 0 unspecified atom stereocenters. The zero-order chi connectivity index (χ0) is 36.3. The Morgan fingerprint density at radius 1 is 0.236 bits per heavy atom. The third-order valence-electron chi connectivity index (χ3n) is 10.7. The van der Waals surface area contributed by atoms with Crippen LogP contribution in [0.2, 0.25) is 0 Å². The molecule has 11 aromatic rings. The molecule has 256 valence electrons. The molecule has 0 radical (unpaired) electrons. The van der Waals surface area contributed by atoms with Crippen LogP contribution < -0.4 is 0 Å². The highest BCUT2D eigenvalue weighted by molar-refractivity contribution is 6.26. The molecule has 4 nitrogen and oxygen atoms in total. The molecule has 0 atom stereocenters. The van der Waals surface area contributed by atoms with E-state index in [1.807, 2.05) is 72.8 Å². The molecule has 0 fully saturated rings. The van der Waals surface area contributed by atoms with Crippen LogP contribution in [0.25, 0.3) is 111 Å². The van der Waals surface area contributed by atoms with Crippen molar-refractivity contribution in [2.45, 2.75) is 0 Å². The molecule has 0 aliphatic carbocycles. The summed E-state index contributed by atoms with van der Waals surface area (Å²) in [6.45, 7) is 0. The third kappa shape index (κ3) is 5.34. The lowest BCUT2D eigenvalue weighted by atomic mass is 9.90. The molecule has 0 N–H and O–H groups in total. The number of rotatable bonds is 5. The van der Waals surface area contributed by atoms with E-state index in [1.54, 1.807) is 0 Å². The third-order valence-corrected chi connectivity index (χ3v) is 10.7. The van der Waals surface area contributed by atoms with Gasteiger partial charge in [-0.25, -0.2) is 15.0 Å². The molecule has 55 heavy (non-hydrogen) atoms. The number of aromatic nitrogens is 3. The van der Waals surface area contributed by atoms with E-state index in [0.29, 0.717) is 17.5 Å². The van der Waals surface area contributed by atoms with Crippen molar-refractivity contribution in [1.82, 2.24) is 15.0 Å². The Hall–Kier alpha value is -7.43. The number of benzene rings is 9. The Kier molecular flexibility index (Phi) is 7.14. The Morgan fingerprint density at radius 2 is 0.600 bits per heavy atom. The normalized spacial score (nSPS) is 11.6. The first kappa shape index (κ1) is 31.1. The first-order chi connectivity index (χ1) is 27.2. The topological polar surface area (TPSA) is 51.8 Å². The molecule has 0 spiro atoms. The molecule has 0 saturated heterocycles. The van der Waals surface area contributed by atoms with Gasteiger partial charge in [-0.05, 0) is 84.9 Å². The SMILES string of the molecule is c1ccc(-c2nc(-c3ccccc3)nc(-c3ccc(-c4ccc5c6ccccc6c6cc(-c7ccc8oc9ccccc9c8c7)ccc6c5c4)cc3)n2)cc1. The van der Waals surface area contributed by atoms with Gasteiger partial charge in [-0.15, -0.1) is 0 Å². The van der Waals surface area contributed by atoms with E-state index in [-0.39, 0.29) is 0 Å². The van der Waals surface area contributed by atoms with Gasteiger partial charge < -0.3 is 4.42 Å². The number of nitrogens with zero attached hydrogens (tertiary/aromatic N) is 3. The van der Waals surface area contributed by atoms with Crippen LogP contribution in [0, 0.1) is 0 Å². The van der Waals surface area contributed by atoms with Gasteiger partial charge in [0, 0.05) is 27.5 Å². The van der Waals surface area contributed by atoms with Gasteiger partial charge in [0.05, 0.1) is 0 Å². The second-order valence-electron chi connectivity index (χ2n) is 14.0. The maximum absolute atomic E-state index is 6.13. The van der Waals surface area contributed by atoms with Crippen molar-refractivity contribution in [2.24, 2.45) is 0 Å². The van der Waals surface area contributed by atoms with Gasteiger partial charge in [-0.2, -0.15) is 0 Å². The quantitative estimate of drug-likeness (QED) is 0.168. The molecule has 4 heteroatoms. The lowest BCUT2D eigenvalue weighted by Crippen LogP contribution is -2.00. The van der Waals surface area contributed by atoms with Crippen molar-refractivity contribution in [3.63, 3.8) is 0 Å². The Bertz CT molecular complexity index is 3180. The highest BCUT2D eigenvalue weighted by Gasteiger charge is 2.15. The van der Waals surface area contributed by atoms with Gasteiger partial charge in [-0.3, -0.25) is 0 Å². The largest absolute Gasteiger partial charge is 0.456 e. The van der Waals surface area contributed by atoms with Gasteiger partial charge >= 0.3 is 0 Å². The minimum Gasteiger partial charge on any atom is -0.456 e.